The van der Waals surface area contributed by atoms with Crippen molar-refractivity contribution in [3.05, 3.63) is 23.8 Å². The van der Waals surface area contributed by atoms with Gasteiger partial charge in [0.2, 0.25) is 20.1 Å². The van der Waals surface area contributed by atoms with E-state index in [9.17, 15) is 13.2 Å². The van der Waals surface area contributed by atoms with Crippen molar-refractivity contribution in [1.29, 1.82) is 0 Å². The molecule has 7 heteroatoms. The molecule has 2 aromatic rings. The number of rotatable bonds is 4. The van der Waals surface area contributed by atoms with Gasteiger partial charge in [0.15, 0.2) is 0 Å². The number of benzene rings is 1. The van der Waals surface area contributed by atoms with Crippen LogP contribution in [0.15, 0.2) is 22.5 Å². The van der Waals surface area contributed by atoms with Gasteiger partial charge in [-0.2, -0.15) is 0 Å². The monoisotopic (exact) mass is 312 g/mol. The summed E-state index contributed by atoms with van der Waals surface area (Å²) in [5.74, 6) is -1.07. The summed E-state index contributed by atoms with van der Waals surface area (Å²) in [5, 5.41) is 2.57. The van der Waals surface area contributed by atoms with Gasteiger partial charge in [0.1, 0.15) is 5.75 Å². The van der Waals surface area contributed by atoms with Crippen LogP contribution in [0.3, 0.4) is 0 Å². The quantitative estimate of drug-likeness (QED) is 0.935. The van der Waals surface area contributed by atoms with Gasteiger partial charge in [-0.05, 0) is 38.5 Å². The van der Waals surface area contributed by atoms with Crippen LogP contribution >= 0.6 is 11.3 Å². The molecule has 0 saturated heterocycles. The molecule has 0 saturated carbocycles. The predicted molar refractivity (Wildman–Crippen MR) is 79.7 cm³/mol. The average molecular weight is 312 g/mol. The lowest BCUT2D eigenvalue weighted by atomic mass is 10.2. The number of aryl methyl sites for hydroxylation is 1. The number of carbonyl (C=O) groups is 1. The molecule has 5 nitrogen and oxygen atoms in total. The normalized spacial score (nSPS) is 12.0. The molecule has 0 aliphatic heterocycles. The number of carbonyl (C=O) groups excluding carboxylic acids is 1. The maximum absolute atomic E-state index is 12.2. The Morgan fingerprint density at radius 1 is 1.40 bits per heavy atom. The van der Waals surface area contributed by atoms with Gasteiger partial charge in [-0.25, -0.2) is 13.4 Å². The molecule has 0 aliphatic carbocycles. The van der Waals surface area contributed by atoms with Crippen molar-refractivity contribution >= 4 is 37.3 Å². The van der Waals surface area contributed by atoms with Crippen LogP contribution in [0.1, 0.15) is 19.4 Å². The molecule has 0 fully saturated rings. The van der Waals surface area contributed by atoms with Crippen molar-refractivity contribution in [1.82, 2.24) is 10.3 Å². The molecule has 1 N–H and O–H groups in total. The van der Waals surface area contributed by atoms with E-state index < -0.39 is 21.5 Å². The predicted octanol–water partition coefficient (Wildman–Crippen LogP) is 1.90. The average Bonchev–Trinajstić information content (AvgIpc) is 2.70. The third kappa shape index (κ3) is 3.34. The zero-order chi connectivity index (χ0) is 14.9. The summed E-state index contributed by atoms with van der Waals surface area (Å²) < 4.78 is 25.1. The summed E-state index contributed by atoms with van der Waals surface area (Å²) >= 11 is 1.09. The Bertz CT molecular complexity index is 748. The maximum Gasteiger partial charge on any atom is 0.235 e. The molecule has 108 valence electrons. The Morgan fingerprint density at radius 3 is 2.75 bits per heavy atom. The van der Waals surface area contributed by atoms with Crippen LogP contribution in [0.4, 0.5) is 0 Å². The first kappa shape index (κ1) is 14.9. The van der Waals surface area contributed by atoms with E-state index in [2.05, 4.69) is 10.3 Å². The summed E-state index contributed by atoms with van der Waals surface area (Å²) in [6.07, 6.45) is 0. The third-order valence-electron chi connectivity index (χ3n) is 2.56. The van der Waals surface area contributed by atoms with Crippen LogP contribution < -0.4 is 5.32 Å². The highest BCUT2D eigenvalue weighted by Gasteiger charge is 2.23. The number of aromatic nitrogens is 1. The molecule has 1 aromatic carbocycles. The van der Waals surface area contributed by atoms with E-state index in [1.807, 2.05) is 25.1 Å². The highest BCUT2D eigenvalue weighted by molar-refractivity contribution is 7.94. The Labute approximate surface area is 121 Å². The second kappa shape index (κ2) is 5.49. The number of nitrogens with one attached hydrogen (secondary N) is 1. The van der Waals surface area contributed by atoms with Gasteiger partial charge in [-0.1, -0.05) is 6.07 Å². The largest absolute Gasteiger partial charge is 0.353 e. The van der Waals surface area contributed by atoms with E-state index in [4.69, 9.17) is 0 Å². The number of thiazole rings is 1. The van der Waals surface area contributed by atoms with Crippen LogP contribution in [0.5, 0.6) is 0 Å². The number of sulfone groups is 1. The zero-order valence-corrected chi connectivity index (χ0v) is 13.1. The number of hydrogen-bond donors (Lipinski definition) is 1. The van der Waals surface area contributed by atoms with Gasteiger partial charge in [0, 0.05) is 6.04 Å². The second-order valence-corrected chi connectivity index (χ2v) is 8.13. The standard InChI is InChI=1S/C13H16N2O3S2/c1-8(2)14-12(16)7-20(17,18)13-15-10-6-9(3)4-5-11(10)19-13/h4-6,8H,7H2,1-3H3,(H,14,16). The molecule has 0 bridgehead atoms. The molecule has 0 aliphatic rings. The van der Waals surface area contributed by atoms with Crippen molar-refractivity contribution in [2.24, 2.45) is 0 Å². The molecule has 0 atom stereocenters. The Morgan fingerprint density at radius 2 is 2.10 bits per heavy atom. The van der Waals surface area contributed by atoms with Crippen molar-refractivity contribution in [3.63, 3.8) is 0 Å². The zero-order valence-electron chi connectivity index (χ0n) is 11.5. The van der Waals surface area contributed by atoms with Gasteiger partial charge in [-0.3, -0.25) is 4.79 Å². The summed E-state index contributed by atoms with van der Waals surface area (Å²) in [6, 6.07) is 5.49. The topological polar surface area (TPSA) is 76.1 Å². The minimum absolute atomic E-state index is 0.00277. The maximum atomic E-state index is 12.2. The van der Waals surface area contributed by atoms with Gasteiger partial charge < -0.3 is 5.32 Å². The molecule has 2 rings (SSSR count). The molecule has 1 amide bonds. The van der Waals surface area contributed by atoms with E-state index in [-0.39, 0.29) is 10.4 Å². The van der Waals surface area contributed by atoms with E-state index in [1.165, 1.54) is 0 Å². The van der Waals surface area contributed by atoms with Gasteiger partial charge in [0.05, 0.1) is 10.2 Å². The first-order chi connectivity index (χ1) is 9.28. The van der Waals surface area contributed by atoms with E-state index in [1.54, 1.807) is 13.8 Å². The highest BCUT2D eigenvalue weighted by Crippen LogP contribution is 2.26. The third-order valence-corrected chi connectivity index (χ3v) is 5.67. The smallest absolute Gasteiger partial charge is 0.235 e. The molecule has 1 aromatic heterocycles. The van der Waals surface area contributed by atoms with Crippen LogP contribution in [-0.2, 0) is 14.6 Å². The molecule has 0 spiro atoms. The number of nitrogens with zero attached hydrogens (tertiary/aromatic N) is 1. The molecular weight excluding hydrogens is 296 g/mol. The fraction of sp³-hybridized carbons (Fsp3) is 0.385. The van der Waals surface area contributed by atoms with Gasteiger partial charge in [-0.15, -0.1) is 11.3 Å². The number of hydrogen-bond acceptors (Lipinski definition) is 5. The summed E-state index contributed by atoms with van der Waals surface area (Å²) in [4.78, 5) is 15.7. The fourth-order valence-corrected chi connectivity index (χ4v) is 4.17. The lowest BCUT2D eigenvalue weighted by molar-refractivity contribution is -0.119. The Kier molecular flexibility index (Phi) is 4.10. The first-order valence-electron chi connectivity index (χ1n) is 6.17. The van der Waals surface area contributed by atoms with Crippen molar-refractivity contribution in [2.75, 3.05) is 5.75 Å². The number of fused-ring (bicyclic) bond motifs is 1. The van der Waals surface area contributed by atoms with Crippen LogP contribution in [0.2, 0.25) is 0 Å². The van der Waals surface area contributed by atoms with E-state index in [0.29, 0.717) is 5.52 Å². The lowest BCUT2D eigenvalue weighted by Gasteiger charge is -2.07. The second-order valence-electron chi connectivity index (χ2n) is 4.93. The molecule has 20 heavy (non-hydrogen) atoms. The molecule has 0 radical (unpaired) electrons. The minimum atomic E-state index is -3.68. The van der Waals surface area contributed by atoms with Crippen LogP contribution in [0.25, 0.3) is 10.2 Å². The van der Waals surface area contributed by atoms with Gasteiger partial charge >= 0.3 is 0 Å². The minimum Gasteiger partial charge on any atom is -0.353 e. The van der Waals surface area contributed by atoms with Crippen molar-refractivity contribution in [2.45, 2.75) is 31.2 Å². The number of amides is 1. The molecular formula is C13H16N2O3S2. The van der Waals surface area contributed by atoms with Crippen LogP contribution in [0, 0.1) is 6.92 Å². The Hall–Kier alpha value is -1.47. The lowest BCUT2D eigenvalue weighted by Crippen LogP contribution is -2.35. The SMILES string of the molecule is Cc1ccc2sc(S(=O)(=O)CC(=O)NC(C)C)nc2c1. The molecule has 0 unspecified atom stereocenters. The van der Waals surface area contributed by atoms with Crippen molar-refractivity contribution < 1.29 is 13.2 Å². The van der Waals surface area contributed by atoms with Gasteiger partial charge in [0.25, 0.3) is 0 Å². The van der Waals surface area contributed by atoms with E-state index >= 15 is 0 Å². The fourth-order valence-electron chi connectivity index (χ4n) is 1.75. The Balaban J connectivity index is 2.30. The summed E-state index contributed by atoms with van der Waals surface area (Å²) in [5.41, 5.74) is 1.67. The first-order valence-corrected chi connectivity index (χ1v) is 8.64. The van der Waals surface area contributed by atoms with E-state index in [0.717, 1.165) is 21.6 Å². The summed E-state index contributed by atoms with van der Waals surface area (Å²) in [6.45, 7) is 5.49. The van der Waals surface area contributed by atoms with Crippen LogP contribution in [-0.4, -0.2) is 31.1 Å². The van der Waals surface area contributed by atoms with Crippen molar-refractivity contribution in [3.8, 4) is 0 Å². The highest BCUT2D eigenvalue weighted by atomic mass is 32.2. The summed E-state index contributed by atoms with van der Waals surface area (Å²) in [7, 11) is -3.68. The molecule has 1 heterocycles.